The van der Waals surface area contributed by atoms with Crippen molar-refractivity contribution in [1.82, 2.24) is 10.2 Å². The molecule has 2 unspecified atom stereocenters. The maximum absolute atomic E-state index is 12.6. The van der Waals surface area contributed by atoms with Crippen LogP contribution in [0.25, 0.3) is 0 Å². The number of rotatable bonds is 4. The second kappa shape index (κ2) is 6.96. The van der Waals surface area contributed by atoms with Gasteiger partial charge in [0.1, 0.15) is 0 Å². The zero-order chi connectivity index (χ0) is 15.5. The molecule has 0 spiro atoms. The zero-order valence-corrected chi connectivity index (χ0v) is 12.3. The molecule has 7 heteroatoms. The van der Waals surface area contributed by atoms with Crippen molar-refractivity contribution in [1.29, 1.82) is 0 Å². The summed E-state index contributed by atoms with van der Waals surface area (Å²) in [5.41, 5.74) is 0. The molecule has 0 aromatic heterocycles. The molecule has 2 atom stereocenters. The lowest BCUT2D eigenvalue weighted by atomic mass is 9.94. The summed E-state index contributed by atoms with van der Waals surface area (Å²) < 4.78 is 43.3. The molecule has 2 aliphatic heterocycles. The molecule has 2 heterocycles. The van der Waals surface area contributed by atoms with Gasteiger partial charge in [0.15, 0.2) is 0 Å². The highest BCUT2D eigenvalue weighted by Crippen LogP contribution is 2.34. The monoisotopic (exact) mass is 308 g/mol. The first-order chi connectivity index (χ1) is 9.93. The van der Waals surface area contributed by atoms with E-state index in [1.807, 2.05) is 6.92 Å². The van der Waals surface area contributed by atoms with Crippen molar-refractivity contribution in [3.8, 4) is 0 Å². The van der Waals surface area contributed by atoms with Gasteiger partial charge in [-0.1, -0.05) is 6.92 Å². The molecule has 2 saturated heterocycles. The summed E-state index contributed by atoms with van der Waals surface area (Å²) in [5, 5.41) is 3.28. The highest BCUT2D eigenvalue weighted by atomic mass is 19.4. The van der Waals surface area contributed by atoms with Crippen molar-refractivity contribution in [2.24, 2.45) is 11.8 Å². The molecule has 122 valence electrons. The maximum Gasteiger partial charge on any atom is 0.391 e. The second-order valence-corrected chi connectivity index (χ2v) is 5.85. The second-order valence-electron chi connectivity index (χ2n) is 5.85. The van der Waals surface area contributed by atoms with Gasteiger partial charge in [-0.05, 0) is 25.8 Å². The molecule has 0 bridgehead atoms. The van der Waals surface area contributed by atoms with E-state index in [1.165, 1.54) is 0 Å². The van der Waals surface area contributed by atoms with Crippen LogP contribution in [0.1, 0.15) is 26.2 Å². The molecule has 2 fully saturated rings. The molecule has 0 saturated carbocycles. The Morgan fingerprint density at radius 1 is 1.29 bits per heavy atom. The maximum atomic E-state index is 12.6. The number of hydrogen-bond donors (Lipinski definition) is 1. The normalized spacial score (nSPS) is 28.1. The summed E-state index contributed by atoms with van der Waals surface area (Å²) in [6.45, 7) is 4.10. The fourth-order valence-corrected chi connectivity index (χ4v) is 2.99. The third kappa shape index (κ3) is 4.10. The molecule has 0 aromatic rings. The Morgan fingerprint density at radius 2 is 1.95 bits per heavy atom. The number of ether oxygens (including phenoxy) is 1. The van der Waals surface area contributed by atoms with E-state index in [0.717, 1.165) is 13.0 Å². The topological polar surface area (TPSA) is 41.6 Å². The Balaban J connectivity index is 1.86. The van der Waals surface area contributed by atoms with Gasteiger partial charge in [0, 0.05) is 19.1 Å². The van der Waals surface area contributed by atoms with Gasteiger partial charge in [0.05, 0.1) is 25.0 Å². The lowest BCUT2D eigenvalue weighted by molar-refractivity contribution is -0.187. The van der Waals surface area contributed by atoms with Gasteiger partial charge in [-0.3, -0.25) is 4.79 Å². The first-order valence-corrected chi connectivity index (χ1v) is 7.60. The van der Waals surface area contributed by atoms with Crippen molar-refractivity contribution in [2.45, 2.75) is 38.4 Å². The number of carbonyl (C=O) groups excluding carboxylic acids is 1. The fraction of sp³-hybridized carbons (Fsp3) is 0.929. The lowest BCUT2D eigenvalue weighted by Gasteiger charge is -2.35. The molecule has 21 heavy (non-hydrogen) atoms. The summed E-state index contributed by atoms with van der Waals surface area (Å²) in [6.07, 6.45) is -3.16. The Kier molecular flexibility index (Phi) is 5.48. The summed E-state index contributed by atoms with van der Waals surface area (Å²) in [7, 11) is 0. The van der Waals surface area contributed by atoms with E-state index < -0.39 is 12.1 Å². The van der Waals surface area contributed by atoms with Crippen LogP contribution >= 0.6 is 0 Å². The van der Waals surface area contributed by atoms with E-state index in [2.05, 4.69) is 5.32 Å². The first kappa shape index (κ1) is 16.5. The largest absolute Gasteiger partial charge is 0.391 e. The predicted octanol–water partition coefficient (Wildman–Crippen LogP) is 1.80. The van der Waals surface area contributed by atoms with Crippen LogP contribution in [0.3, 0.4) is 0 Å². The van der Waals surface area contributed by atoms with Crippen LogP contribution in [0, 0.1) is 11.8 Å². The van der Waals surface area contributed by atoms with Crippen LogP contribution in [-0.2, 0) is 9.53 Å². The molecule has 0 radical (unpaired) electrons. The van der Waals surface area contributed by atoms with Gasteiger partial charge in [-0.15, -0.1) is 0 Å². The minimum absolute atomic E-state index is 0.00979. The number of halogens is 3. The van der Waals surface area contributed by atoms with Crippen molar-refractivity contribution in [3.63, 3.8) is 0 Å². The molecule has 0 aliphatic carbocycles. The molecular formula is C14H23F3N2O2. The number of nitrogens with one attached hydrogen (secondary N) is 1. The number of alkyl halides is 3. The Morgan fingerprint density at radius 3 is 2.52 bits per heavy atom. The van der Waals surface area contributed by atoms with Crippen molar-refractivity contribution >= 4 is 5.91 Å². The number of nitrogens with zero attached hydrogens (tertiary/aromatic N) is 1. The highest BCUT2D eigenvalue weighted by molar-refractivity contribution is 5.80. The number of hydrogen-bond acceptors (Lipinski definition) is 3. The SMILES string of the molecule is CCCNC1COCC1C(=O)N1CCC(C(F)(F)F)CC1. The van der Waals surface area contributed by atoms with Gasteiger partial charge >= 0.3 is 6.18 Å². The summed E-state index contributed by atoms with van der Waals surface area (Å²) >= 11 is 0. The molecule has 1 amide bonds. The third-order valence-corrected chi connectivity index (χ3v) is 4.32. The van der Waals surface area contributed by atoms with Crippen LogP contribution in [0.5, 0.6) is 0 Å². The first-order valence-electron chi connectivity index (χ1n) is 7.60. The van der Waals surface area contributed by atoms with E-state index >= 15 is 0 Å². The van der Waals surface area contributed by atoms with Crippen LogP contribution in [-0.4, -0.2) is 55.9 Å². The van der Waals surface area contributed by atoms with E-state index in [4.69, 9.17) is 4.74 Å². The zero-order valence-electron chi connectivity index (χ0n) is 12.3. The number of likely N-dealkylation sites (tertiary alicyclic amines) is 1. The van der Waals surface area contributed by atoms with Gasteiger partial charge in [0.2, 0.25) is 5.91 Å². The average Bonchev–Trinajstić information content (AvgIpc) is 2.92. The highest BCUT2D eigenvalue weighted by Gasteiger charge is 2.43. The van der Waals surface area contributed by atoms with E-state index in [0.29, 0.717) is 13.2 Å². The van der Waals surface area contributed by atoms with Crippen LogP contribution in [0.2, 0.25) is 0 Å². The number of carbonyl (C=O) groups is 1. The smallest absolute Gasteiger partial charge is 0.379 e. The molecule has 4 nitrogen and oxygen atoms in total. The summed E-state index contributed by atoms with van der Waals surface area (Å²) in [6, 6.07) is -0.0159. The number of amides is 1. The minimum Gasteiger partial charge on any atom is -0.379 e. The van der Waals surface area contributed by atoms with Crippen LogP contribution in [0.15, 0.2) is 0 Å². The standard InChI is InChI=1S/C14H23F3N2O2/c1-2-5-18-12-9-21-8-11(12)13(20)19-6-3-10(4-7-19)14(15,16)17/h10-12,18H,2-9H2,1H3. The van der Waals surface area contributed by atoms with Crippen molar-refractivity contribution in [3.05, 3.63) is 0 Å². The Hall–Kier alpha value is -0.820. The van der Waals surface area contributed by atoms with Gasteiger partial charge in [-0.2, -0.15) is 13.2 Å². The molecule has 2 rings (SSSR count). The predicted molar refractivity (Wildman–Crippen MR) is 71.7 cm³/mol. The fourth-order valence-electron chi connectivity index (χ4n) is 2.99. The van der Waals surface area contributed by atoms with Gasteiger partial charge in [-0.25, -0.2) is 0 Å². The quantitative estimate of drug-likeness (QED) is 0.861. The third-order valence-electron chi connectivity index (χ3n) is 4.32. The van der Waals surface area contributed by atoms with Gasteiger partial charge in [0.25, 0.3) is 0 Å². The number of piperidine rings is 1. The van der Waals surface area contributed by atoms with E-state index in [-0.39, 0.29) is 43.8 Å². The minimum atomic E-state index is -4.14. The Bertz CT molecular complexity index is 355. The molecule has 0 aromatic carbocycles. The van der Waals surface area contributed by atoms with Gasteiger partial charge < -0.3 is 15.0 Å². The van der Waals surface area contributed by atoms with Crippen molar-refractivity contribution < 1.29 is 22.7 Å². The molecule has 2 aliphatic rings. The van der Waals surface area contributed by atoms with Crippen LogP contribution < -0.4 is 5.32 Å². The van der Waals surface area contributed by atoms with Crippen LogP contribution in [0.4, 0.5) is 13.2 Å². The Labute approximate surface area is 123 Å². The van der Waals surface area contributed by atoms with Crippen molar-refractivity contribution in [2.75, 3.05) is 32.8 Å². The summed E-state index contributed by atoms with van der Waals surface area (Å²) in [5.74, 6) is -1.60. The van der Waals surface area contributed by atoms with E-state index in [1.54, 1.807) is 4.90 Å². The summed E-state index contributed by atoms with van der Waals surface area (Å²) in [4.78, 5) is 14.0. The molecule has 1 N–H and O–H groups in total. The molecular weight excluding hydrogens is 285 g/mol. The van der Waals surface area contributed by atoms with E-state index in [9.17, 15) is 18.0 Å². The lowest BCUT2D eigenvalue weighted by Crippen LogP contribution is -2.49. The average molecular weight is 308 g/mol.